The Balaban J connectivity index is 2.68. The normalized spacial score (nSPS) is 10.1. The van der Waals surface area contributed by atoms with Gasteiger partial charge in [-0.1, -0.05) is 0 Å². The van der Waals surface area contributed by atoms with E-state index in [9.17, 15) is 9.59 Å². The standard InChI is InChI=1S/C9H14N4O2S/c1-13(4-7(11)14)9(15)6-5-16-8(12-6)2-3-10/h5H,2-4,10H2,1H3,(H2,11,14). The molecular weight excluding hydrogens is 228 g/mol. The lowest BCUT2D eigenvalue weighted by molar-refractivity contribution is -0.118. The molecule has 1 aromatic rings. The van der Waals surface area contributed by atoms with Crippen molar-refractivity contribution in [2.75, 3.05) is 20.1 Å². The first kappa shape index (κ1) is 12.6. The smallest absolute Gasteiger partial charge is 0.273 e. The van der Waals surface area contributed by atoms with Crippen molar-refractivity contribution in [3.8, 4) is 0 Å². The van der Waals surface area contributed by atoms with E-state index in [1.165, 1.54) is 23.3 Å². The van der Waals surface area contributed by atoms with E-state index in [4.69, 9.17) is 11.5 Å². The van der Waals surface area contributed by atoms with Gasteiger partial charge in [0.2, 0.25) is 5.91 Å². The maximum atomic E-state index is 11.7. The molecule has 0 radical (unpaired) electrons. The van der Waals surface area contributed by atoms with Gasteiger partial charge in [0.15, 0.2) is 0 Å². The summed E-state index contributed by atoms with van der Waals surface area (Å²) in [5.41, 5.74) is 10.7. The van der Waals surface area contributed by atoms with E-state index in [1.54, 1.807) is 5.38 Å². The molecule has 0 atom stereocenters. The molecule has 0 aliphatic rings. The Kier molecular flexibility index (Phi) is 4.39. The molecule has 0 saturated carbocycles. The van der Waals surface area contributed by atoms with Gasteiger partial charge in [-0.15, -0.1) is 11.3 Å². The van der Waals surface area contributed by atoms with Crippen LogP contribution in [-0.4, -0.2) is 41.8 Å². The number of nitrogens with two attached hydrogens (primary N) is 2. The molecule has 2 amide bonds. The number of nitrogens with zero attached hydrogens (tertiary/aromatic N) is 2. The number of thiazole rings is 1. The van der Waals surface area contributed by atoms with Crippen LogP contribution in [0.4, 0.5) is 0 Å². The van der Waals surface area contributed by atoms with Crippen LogP contribution in [0.25, 0.3) is 0 Å². The highest BCUT2D eigenvalue weighted by Gasteiger charge is 2.16. The number of hydrogen-bond acceptors (Lipinski definition) is 5. The van der Waals surface area contributed by atoms with Crippen molar-refractivity contribution < 1.29 is 9.59 Å². The summed E-state index contributed by atoms with van der Waals surface area (Å²) >= 11 is 1.38. The van der Waals surface area contributed by atoms with Crippen molar-refractivity contribution in [3.05, 3.63) is 16.1 Å². The van der Waals surface area contributed by atoms with Gasteiger partial charge in [-0.25, -0.2) is 4.98 Å². The van der Waals surface area contributed by atoms with Crippen molar-refractivity contribution in [3.63, 3.8) is 0 Å². The Labute approximate surface area is 97.2 Å². The van der Waals surface area contributed by atoms with Gasteiger partial charge in [-0.2, -0.15) is 0 Å². The zero-order valence-corrected chi connectivity index (χ0v) is 9.79. The van der Waals surface area contributed by atoms with Gasteiger partial charge >= 0.3 is 0 Å². The van der Waals surface area contributed by atoms with Crippen LogP contribution in [0.3, 0.4) is 0 Å². The second kappa shape index (κ2) is 5.57. The number of primary amides is 1. The average Bonchev–Trinajstić information content (AvgIpc) is 2.64. The highest BCUT2D eigenvalue weighted by atomic mass is 32.1. The fourth-order valence-electron chi connectivity index (χ4n) is 1.15. The minimum absolute atomic E-state index is 0.109. The Morgan fingerprint density at radius 1 is 1.56 bits per heavy atom. The number of hydrogen-bond donors (Lipinski definition) is 2. The fraction of sp³-hybridized carbons (Fsp3) is 0.444. The quantitative estimate of drug-likeness (QED) is 0.705. The van der Waals surface area contributed by atoms with Gasteiger partial charge in [0.05, 0.1) is 11.6 Å². The van der Waals surface area contributed by atoms with E-state index in [0.717, 1.165) is 5.01 Å². The molecule has 0 bridgehead atoms. The van der Waals surface area contributed by atoms with Crippen LogP contribution in [0.15, 0.2) is 5.38 Å². The van der Waals surface area contributed by atoms with Gasteiger partial charge in [0.1, 0.15) is 5.69 Å². The SMILES string of the molecule is CN(CC(N)=O)C(=O)c1csc(CCN)n1. The van der Waals surface area contributed by atoms with Crippen molar-refractivity contribution in [2.24, 2.45) is 11.5 Å². The third-order valence-electron chi connectivity index (χ3n) is 1.87. The van der Waals surface area contributed by atoms with Gasteiger partial charge in [0, 0.05) is 18.8 Å². The molecule has 1 aromatic heterocycles. The Morgan fingerprint density at radius 2 is 2.25 bits per heavy atom. The lowest BCUT2D eigenvalue weighted by Gasteiger charge is -2.12. The molecular formula is C9H14N4O2S. The first-order valence-electron chi connectivity index (χ1n) is 4.73. The first-order chi connectivity index (χ1) is 7.54. The summed E-state index contributed by atoms with van der Waals surface area (Å²) in [7, 11) is 1.51. The molecule has 7 heteroatoms. The highest BCUT2D eigenvalue weighted by molar-refractivity contribution is 7.09. The number of aromatic nitrogens is 1. The second-order valence-electron chi connectivity index (χ2n) is 3.29. The first-order valence-corrected chi connectivity index (χ1v) is 5.60. The zero-order chi connectivity index (χ0) is 12.1. The van der Waals surface area contributed by atoms with E-state index in [-0.39, 0.29) is 12.5 Å². The summed E-state index contributed by atoms with van der Waals surface area (Å²) in [6, 6.07) is 0. The van der Waals surface area contributed by atoms with Gasteiger partial charge in [-0.3, -0.25) is 9.59 Å². The minimum atomic E-state index is -0.548. The summed E-state index contributed by atoms with van der Waals surface area (Å²) in [6.07, 6.45) is 0.650. The van der Waals surface area contributed by atoms with Crippen LogP contribution >= 0.6 is 11.3 Å². The summed E-state index contributed by atoms with van der Waals surface area (Å²) in [5, 5.41) is 2.48. The fourth-order valence-corrected chi connectivity index (χ4v) is 1.94. The van der Waals surface area contributed by atoms with Crippen molar-refractivity contribution in [1.29, 1.82) is 0 Å². The molecule has 0 unspecified atom stereocenters. The van der Waals surface area contributed by atoms with Crippen molar-refractivity contribution in [1.82, 2.24) is 9.88 Å². The Morgan fingerprint density at radius 3 is 2.81 bits per heavy atom. The third-order valence-corrected chi connectivity index (χ3v) is 2.78. The van der Waals surface area contributed by atoms with E-state index < -0.39 is 5.91 Å². The van der Waals surface area contributed by atoms with Gasteiger partial charge < -0.3 is 16.4 Å². The van der Waals surface area contributed by atoms with Crippen LogP contribution in [0.1, 0.15) is 15.5 Å². The molecule has 88 valence electrons. The van der Waals surface area contributed by atoms with Gasteiger partial charge in [-0.05, 0) is 6.54 Å². The molecule has 1 rings (SSSR count). The third kappa shape index (κ3) is 3.28. The topological polar surface area (TPSA) is 102 Å². The minimum Gasteiger partial charge on any atom is -0.368 e. The van der Waals surface area contributed by atoms with Crippen LogP contribution in [0.5, 0.6) is 0 Å². The molecule has 0 fully saturated rings. The summed E-state index contributed by atoms with van der Waals surface area (Å²) in [4.78, 5) is 27.7. The number of carbonyl (C=O) groups excluding carboxylic acids is 2. The Bertz CT molecular complexity index is 391. The number of carbonyl (C=O) groups is 2. The average molecular weight is 242 g/mol. The summed E-state index contributed by atoms with van der Waals surface area (Å²) in [6.45, 7) is 0.390. The Hall–Kier alpha value is -1.47. The van der Waals surface area contributed by atoms with Gasteiger partial charge in [0.25, 0.3) is 5.91 Å². The van der Waals surface area contributed by atoms with Crippen LogP contribution in [-0.2, 0) is 11.2 Å². The van der Waals surface area contributed by atoms with E-state index in [2.05, 4.69) is 4.98 Å². The molecule has 0 saturated heterocycles. The maximum absolute atomic E-state index is 11.7. The number of rotatable bonds is 5. The molecule has 16 heavy (non-hydrogen) atoms. The van der Waals surface area contributed by atoms with Crippen LogP contribution in [0.2, 0.25) is 0 Å². The molecule has 6 nitrogen and oxygen atoms in total. The summed E-state index contributed by atoms with van der Waals surface area (Å²) in [5.74, 6) is -0.855. The van der Waals surface area contributed by atoms with E-state index >= 15 is 0 Å². The summed E-state index contributed by atoms with van der Waals surface area (Å²) < 4.78 is 0. The second-order valence-corrected chi connectivity index (χ2v) is 4.24. The molecule has 1 heterocycles. The maximum Gasteiger partial charge on any atom is 0.273 e. The molecule has 0 aromatic carbocycles. The van der Waals surface area contributed by atoms with Crippen LogP contribution < -0.4 is 11.5 Å². The molecule has 4 N–H and O–H groups in total. The zero-order valence-electron chi connectivity index (χ0n) is 8.97. The monoisotopic (exact) mass is 242 g/mol. The van der Waals surface area contributed by atoms with Crippen molar-refractivity contribution in [2.45, 2.75) is 6.42 Å². The predicted octanol–water partition coefficient (Wildman–Crippen LogP) is -0.798. The molecule has 0 aliphatic carbocycles. The van der Waals surface area contributed by atoms with E-state index in [0.29, 0.717) is 18.7 Å². The van der Waals surface area contributed by atoms with E-state index in [1.807, 2.05) is 0 Å². The lowest BCUT2D eigenvalue weighted by atomic mass is 10.4. The lowest BCUT2D eigenvalue weighted by Crippen LogP contribution is -2.35. The van der Waals surface area contributed by atoms with Crippen molar-refractivity contribution >= 4 is 23.2 Å². The largest absolute Gasteiger partial charge is 0.368 e. The highest BCUT2D eigenvalue weighted by Crippen LogP contribution is 2.11. The predicted molar refractivity (Wildman–Crippen MR) is 61.0 cm³/mol. The number of likely N-dealkylation sites (N-methyl/N-ethyl adjacent to an activating group) is 1. The number of amides is 2. The molecule has 0 spiro atoms. The molecule has 0 aliphatic heterocycles. The van der Waals surface area contributed by atoms with Crippen LogP contribution in [0, 0.1) is 0 Å².